The molecule has 1 unspecified atom stereocenters. The molecule has 3 rings (SSSR count). The molecule has 0 aromatic carbocycles. The van der Waals surface area contributed by atoms with E-state index in [0.29, 0.717) is 18.7 Å². The molecule has 0 aliphatic carbocycles. The normalized spacial score (nSPS) is 16.3. The lowest BCUT2D eigenvalue weighted by Gasteiger charge is -2.25. The summed E-state index contributed by atoms with van der Waals surface area (Å²) < 4.78 is 6.56. The Morgan fingerprint density at radius 1 is 1.33 bits per heavy atom. The van der Waals surface area contributed by atoms with Gasteiger partial charge in [-0.05, 0) is 25.5 Å². The summed E-state index contributed by atoms with van der Waals surface area (Å²) in [4.78, 5) is 55.4. The van der Waals surface area contributed by atoms with Crippen LogP contribution >= 0.6 is 0 Å². The van der Waals surface area contributed by atoms with Crippen molar-refractivity contribution < 1.29 is 14.0 Å². The van der Waals surface area contributed by atoms with Crippen molar-refractivity contribution >= 4 is 23.3 Å². The summed E-state index contributed by atoms with van der Waals surface area (Å²) in [6.07, 6.45) is 3.12. The van der Waals surface area contributed by atoms with Gasteiger partial charge in [-0.3, -0.25) is 23.9 Å². The Labute approximate surface area is 173 Å². The number of nitrogen functional groups attached to an aromatic ring is 1. The van der Waals surface area contributed by atoms with Gasteiger partial charge in [0.1, 0.15) is 11.6 Å². The molecule has 1 fully saturated rings. The smallest absolute Gasteiger partial charge is 0.330 e. The number of hydrogen-bond donors (Lipinski definition) is 2. The first kappa shape index (κ1) is 21.4. The van der Waals surface area contributed by atoms with Crippen molar-refractivity contribution in [2.75, 3.05) is 23.7 Å². The van der Waals surface area contributed by atoms with Crippen molar-refractivity contribution in [3.05, 3.63) is 45.0 Å². The number of nitrogens with one attached hydrogen (secondary N) is 1. The molecule has 162 valence electrons. The number of likely N-dealkylation sites (tertiary alicyclic amines) is 1. The van der Waals surface area contributed by atoms with Crippen molar-refractivity contribution in [3.63, 3.8) is 0 Å². The molecule has 1 aliphatic heterocycles. The number of nitrogens with two attached hydrogens (primary N) is 1. The van der Waals surface area contributed by atoms with Gasteiger partial charge in [-0.1, -0.05) is 13.3 Å². The molecule has 10 heteroatoms. The molecule has 0 radical (unpaired) electrons. The molecule has 3 heterocycles. The fourth-order valence-electron chi connectivity index (χ4n) is 3.70. The zero-order chi connectivity index (χ0) is 21.8. The van der Waals surface area contributed by atoms with Crippen LogP contribution in [0.1, 0.15) is 38.9 Å². The molecule has 2 aromatic rings. The number of nitrogens with zero attached hydrogens (tertiary/aromatic N) is 3. The molecule has 3 N–H and O–H groups in total. The summed E-state index contributed by atoms with van der Waals surface area (Å²) in [6.45, 7) is 4.72. The van der Waals surface area contributed by atoms with Crippen molar-refractivity contribution in [1.82, 2.24) is 14.5 Å². The third-order valence-electron chi connectivity index (χ3n) is 5.29. The summed E-state index contributed by atoms with van der Waals surface area (Å²) in [7, 11) is 0. The number of rotatable bonds is 8. The van der Waals surface area contributed by atoms with Crippen LogP contribution in [0, 0.1) is 5.92 Å². The summed E-state index contributed by atoms with van der Waals surface area (Å²) in [6, 6.07) is 3.50. The molecular weight excluding hydrogens is 390 g/mol. The molecular formula is C20H27N5O5. The SMILES string of the molecule is CCCCn1c(N)c(N(CC)C(=O)C2CC(=O)N(Cc3ccco3)C2)c(=O)[nH]c1=O. The zero-order valence-corrected chi connectivity index (χ0v) is 17.2. The molecule has 0 bridgehead atoms. The monoisotopic (exact) mass is 417 g/mol. The Bertz CT molecular complexity index is 1020. The van der Waals surface area contributed by atoms with Crippen LogP contribution in [-0.2, 0) is 22.7 Å². The van der Waals surface area contributed by atoms with Crippen LogP contribution in [0.2, 0.25) is 0 Å². The van der Waals surface area contributed by atoms with Gasteiger partial charge in [-0.2, -0.15) is 0 Å². The van der Waals surface area contributed by atoms with Crippen LogP contribution in [0.3, 0.4) is 0 Å². The van der Waals surface area contributed by atoms with Crippen LogP contribution in [0.25, 0.3) is 0 Å². The van der Waals surface area contributed by atoms with Crippen molar-refractivity contribution in [1.29, 1.82) is 0 Å². The van der Waals surface area contributed by atoms with Crippen molar-refractivity contribution in [3.8, 4) is 0 Å². The van der Waals surface area contributed by atoms with E-state index in [9.17, 15) is 19.2 Å². The van der Waals surface area contributed by atoms with Gasteiger partial charge in [0.15, 0.2) is 5.69 Å². The number of hydrogen-bond acceptors (Lipinski definition) is 6. The number of furan rings is 1. The minimum Gasteiger partial charge on any atom is -0.467 e. The largest absolute Gasteiger partial charge is 0.467 e. The number of carbonyl (C=O) groups excluding carboxylic acids is 2. The molecule has 1 aliphatic rings. The molecule has 1 atom stereocenters. The predicted octanol–water partition coefficient (Wildman–Crippen LogP) is 0.914. The Hall–Kier alpha value is -3.30. The van der Waals surface area contributed by atoms with Crippen molar-refractivity contribution in [2.24, 2.45) is 5.92 Å². The maximum absolute atomic E-state index is 13.2. The number of unbranched alkanes of at least 4 members (excludes halogenated alkanes) is 1. The number of carbonyl (C=O) groups is 2. The first-order chi connectivity index (χ1) is 14.4. The molecule has 0 saturated carbocycles. The van der Waals surface area contributed by atoms with Gasteiger partial charge in [-0.25, -0.2) is 4.79 Å². The van der Waals surface area contributed by atoms with E-state index in [-0.39, 0.29) is 49.4 Å². The number of aromatic nitrogens is 2. The summed E-state index contributed by atoms with van der Waals surface area (Å²) in [5, 5.41) is 0. The standard InChI is InChI=1S/C20H27N5O5/c1-3-5-8-25-17(21)16(18(27)22-20(25)29)24(4-2)19(28)13-10-15(26)23(11-13)12-14-7-6-9-30-14/h6-7,9,13H,3-5,8,10-12,21H2,1-2H3,(H,22,27,29). The van der Waals surface area contributed by atoms with Crippen LogP contribution < -0.4 is 21.9 Å². The zero-order valence-electron chi connectivity index (χ0n) is 17.2. The fourth-order valence-corrected chi connectivity index (χ4v) is 3.70. The molecule has 1 saturated heterocycles. The maximum atomic E-state index is 13.2. The van der Waals surface area contributed by atoms with E-state index >= 15 is 0 Å². The van der Waals surface area contributed by atoms with Gasteiger partial charge in [-0.15, -0.1) is 0 Å². The summed E-state index contributed by atoms with van der Waals surface area (Å²) in [5.41, 5.74) is 4.79. The first-order valence-corrected chi connectivity index (χ1v) is 10.1. The average molecular weight is 417 g/mol. The van der Waals surface area contributed by atoms with E-state index in [1.54, 1.807) is 24.0 Å². The van der Waals surface area contributed by atoms with Gasteiger partial charge in [0.25, 0.3) is 5.56 Å². The highest BCUT2D eigenvalue weighted by molar-refractivity contribution is 6.00. The summed E-state index contributed by atoms with van der Waals surface area (Å²) in [5.74, 6) is -0.542. The Kier molecular flexibility index (Phi) is 6.43. The second-order valence-electron chi connectivity index (χ2n) is 7.34. The van der Waals surface area contributed by atoms with E-state index in [4.69, 9.17) is 10.2 Å². The highest BCUT2D eigenvalue weighted by Crippen LogP contribution is 2.26. The van der Waals surface area contributed by atoms with Crippen LogP contribution in [0.5, 0.6) is 0 Å². The van der Waals surface area contributed by atoms with E-state index in [1.807, 2.05) is 6.92 Å². The van der Waals surface area contributed by atoms with Gasteiger partial charge in [0.2, 0.25) is 11.8 Å². The highest BCUT2D eigenvalue weighted by atomic mass is 16.3. The Balaban J connectivity index is 1.85. The quantitative estimate of drug-likeness (QED) is 0.656. The van der Waals surface area contributed by atoms with Crippen molar-refractivity contribution in [2.45, 2.75) is 46.2 Å². The van der Waals surface area contributed by atoms with E-state index < -0.39 is 17.2 Å². The van der Waals surface area contributed by atoms with Gasteiger partial charge < -0.3 is 20.0 Å². The number of amides is 2. The third-order valence-corrected chi connectivity index (χ3v) is 5.29. The predicted molar refractivity (Wildman–Crippen MR) is 111 cm³/mol. The van der Waals surface area contributed by atoms with Gasteiger partial charge in [0, 0.05) is 26.1 Å². The molecule has 30 heavy (non-hydrogen) atoms. The Morgan fingerprint density at radius 3 is 2.73 bits per heavy atom. The first-order valence-electron chi connectivity index (χ1n) is 10.1. The number of aromatic amines is 1. The second kappa shape index (κ2) is 9.02. The van der Waals surface area contributed by atoms with Crippen LogP contribution in [0.4, 0.5) is 11.5 Å². The summed E-state index contributed by atoms with van der Waals surface area (Å²) >= 11 is 0. The minimum absolute atomic E-state index is 0.0378. The minimum atomic E-state index is -0.711. The highest BCUT2D eigenvalue weighted by Gasteiger charge is 2.38. The molecule has 2 aromatic heterocycles. The third kappa shape index (κ3) is 4.17. The fraction of sp³-hybridized carbons (Fsp3) is 0.500. The second-order valence-corrected chi connectivity index (χ2v) is 7.34. The molecule has 0 spiro atoms. The maximum Gasteiger partial charge on any atom is 0.330 e. The molecule has 2 amide bonds. The van der Waals surface area contributed by atoms with Crippen LogP contribution in [-0.4, -0.2) is 39.4 Å². The van der Waals surface area contributed by atoms with Gasteiger partial charge >= 0.3 is 5.69 Å². The van der Waals surface area contributed by atoms with Gasteiger partial charge in [0.05, 0.1) is 18.7 Å². The lowest BCUT2D eigenvalue weighted by Crippen LogP contribution is -2.43. The van der Waals surface area contributed by atoms with E-state index in [2.05, 4.69) is 4.98 Å². The lowest BCUT2D eigenvalue weighted by atomic mass is 10.1. The number of anilines is 2. The molecule has 10 nitrogen and oxygen atoms in total. The van der Waals surface area contributed by atoms with E-state index in [0.717, 1.165) is 6.42 Å². The van der Waals surface area contributed by atoms with E-state index in [1.165, 1.54) is 15.7 Å². The lowest BCUT2D eigenvalue weighted by molar-refractivity contribution is -0.129. The number of H-pyrrole nitrogens is 1. The topological polar surface area (TPSA) is 135 Å². The van der Waals surface area contributed by atoms with Crippen LogP contribution in [0.15, 0.2) is 32.4 Å². The average Bonchev–Trinajstić information content (AvgIpc) is 3.35. The Morgan fingerprint density at radius 2 is 2.10 bits per heavy atom.